The van der Waals surface area contributed by atoms with Crippen LogP contribution in [0.15, 0.2) is 42.5 Å². The molecule has 2 rings (SSSR count). The van der Waals surface area contributed by atoms with Gasteiger partial charge in [-0.15, -0.1) is 0 Å². The monoisotopic (exact) mass is 333 g/mol. The Kier molecular flexibility index (Phi) is 5.88. The number of hydrogen-bond acceptors (Lipinski definition) is 3. The summed E-state index contributed by atoms with van der Waals surface area (Å²) in [5, 5.41) is 3.59. The number of amides is 1. The Morgan fingerprint density at radius 1 is 1.22 bits per heavy atom. The molecule has 5 heteroatoms. The van der Waals surface area contributed by atoms with Crippen LogP contribution < -0.4 is 14.8 Å². The van der Waals surface area contributed by atoms with Gasteiger partial charge in [-0.1, -0.05) is 23.7 Å². The number of ether oxygens (including phenoxy) is 2. The summed E-state index contributed by atoms with van der Waals surface area (Å²) >= 11 is 5.99. The van der Waals surface area contributed by atoms with Crippen LogP contribution in [0, 0.1) is 0 Å². The van der Waals surface area contributed by atoms with Gasteiger partial charge in [0.1, 0.15) is 0 Å². The Hall–Kier alpha value is -2.20. The smallest absolute Gasteiger partial charge is 0.251 e. The maximum absolute atomic E-state index is 12.4. The van der Waals surface area contributed by atoms with Gasteiger partial charge in [0.15, 0.2) is 11.5 Å². The van der Waals surface area contributed by atoms with E-state index in [0.29, 0.717) is 28.7 Å². The predicted octanol–water partition coefficient (Wildman–Crippen LogP) is 4.24. The predicted molar refractivity (Wildman–Crippen MR) is 91.5 cm³/mol. The molecule has 0 saturated carbocycles. The number of carbonyl (C=O) groups excluding carboxylic acids is 1. The quantitative estimate of drug-likeness (QED) is 0.860. The van der Waals surface area contributed by atoms with Crippen LogP contribution in [-0.2, 0) is 0 Å². The van der Waals surface area contributed by atoms with Crippen molar-refractivity contribution >= 4 is 17.5 Å². The molecule has 0 heterocycles. The Morgan fingerprint density at radius 3 is 2.65 bits per heavy atom. The average Bonchev–Trinajstić information content (AvgIpc) is 2.55. The molecule has 0 aromatic heterocycles. The van der Waals surface area contributed by atoms with Crippen molar-refractivity contribution in [2.75, 3.05) is 13.7 Å². The molecule has 2 aromatic rings. The van der Waals surface area contributed by atoms with Crippen LogP contribution in [0.1, 0.15) is 35.8 Å². The first-order chi connectivity index (χ1) is 11.0. The molecule has 2 aromatic carbocycles. The number of nitrogens with one attached hydrogen (secondary N) is 1. The highest BCUT2D eigenvalue weighted by molar-refractivity contribution is 6.30. The van der Waals surface area contributed by atoms with Crippen molar-refractivity contribution in [3.63, 3.8) is 0 Å². The van der Waals surface area contributed by atoms with E-state index < -0.39 is 0 Å². The minimum absolute atomic E-state index is 0.154. The molecular formula is C18H20ClNO3. The van der Waals surface area contributed by atoms with E-state index in [2.05, 4.69) is 5.32 Å². The number of halogens is 1. The molecule has 0 unspecified atom stereocenters. The van der Waals surface area contributed by atoms with Gasteiger partial charge >= 0.3 is 0 Å². The number of benzene rings is 2. The Bertz CT molecular complexity index is 688. The molecule has 122 valence electrons. The van der Waals surface area contributed by atoms with Gasteiger partial charge in [0, 0.05) is 10.6 Å². The highest BCUT2D eigenvalue weighted by atomic mass is 35.5. The van der Waals surface area contributed by atoms with E-state index in [0.717, 1.165) is 5.56 Å². The lowest BCUT2D eigenvalue weighted by Crippen LogP contribution is -2.26. The third-order valence-corrected chi connectivity index (χ3v) is 3.66. The molecule has 0 saturated heterocycles. The van der Waals surface area contributed by atoms with Crippen LogP contribution in [0.5, 0.6) is 11.5 Å². The molecule has 0 bridgehead atoms. The van der Waals surface area contributed by atoms with Crippen molar-refractivity contribution in [1.29, 1.82) is 0 Å². The molecule has 0 radical (unpaired) electrons. The second kappa shape index (κ2) is 7.88. The lowest BCUT2D eigenvalue weighted by atomic mass is 10.1. The number of rotatable bonds is 6. The van der Waals surface area contributed by atoms with Gasteiger partial charge in [-0.05, 0) is 49.7 Å². The van der Waals surface area contributed by atoms with Crippen LogP contribution >= 0.6 is 11.6 Å². The van der Waals surface area contributed by atoms with Crippen molar-refractivity contribution in [3.8, 4) is 11.5 Å². The summed E-state index contributed by atoms with van der Waals surface area (Å²) in [6.07, 6.45) is 0. The lowest BCUT2D eigenvalue weighted by Gasteiger charge is -2.16. The second-order valence-electron chi connectivity index (χ2n) is 5.05. The van der Waals surface area contributed by atoms with Crippen LogP contribution in [0.3, 0.4) is 0 Å². The van der Waals surface area contributed by atoms with E-state index in [1.54, 1.807) is 31.4 Å². The fraction of sp³-hybridized carbons (Fsp3) is 0.278. The summed E-state index contributed by atoms with van der Waals surface area (Å²) < 4.78 is 10.7. The highest BCUT2D eigenvalue weighted by Gasteiger charge is 2.14. The van der Waals surface area contributed by atoms with E-state index in [1.165, 1.54) is 0 Å². The first-order valence-corrected chi connectivity index (χ1v) is 7.80. The van der Waals surface area contributed by atoms with E-state index >= 15 is 0 Å². The third-order valence-electron chi connectivity index (χ3n) is 3.42. The van der Waals surface area contributed by atoms with Crippen molar-refractivity contribution in [2.24, 2.45) is 0 Å². The van der Waals surface area contributed by atoms with E-state index in [1.807, 2.05) is 32.0 Å². The Morgan fingerprint density at radius 2 is 2.00 bits per heavy atom. The normalized spacial score (nSPS) is 11.7. The molecule has 0 spiro atoms. The summed E-state index contributed by atoms with van der Waals surface area (Å²) in [4.78, 5) is 12.4. The molecule has 0 aliphatic carbocycles. The Labute approximate surface area is 141 Å². The van der Waals surface area contributed by atoms with Gasteiger partial charge in [-0.3, -0.25) is 4.79 Å². The molecule has 0 aliphatic rings. The second-order valence-corrected chi connectivity index (χ2v) is 5.49. The zero-order chi connectivity index (χ0) is 16.8. The molecule has 0 aliphatic heterocycles. The van der Waals surface area contributed by atoms with E-state index in [9.17, 15) is 4.79 Å². The molecule has 1 amide bonds. The zero-order valence-corrected chi connectivity index (χ0v) is 14.2. The summed E-state index contributed by atoms with van der Waals surface area (Å²) in [7, 11) is 1.55. The van der Waals surface area contributed by atoms with Crippen LogP contribution in [0.25, 0.3) is 0 Å². The number of carbonyl (C=O) groups is 1. The van der Waals surface area contributed by atoms with Crippen LogP contribution in [0.2, 0.25) is 5.02 Å². The molecule has 1 N–H and O–H groups in total. The maximum Gasteiger partial charge on any atom is 0.251 e. The highest BCUT2D eigenvalue weighted by Crippen LogP contribution is 2.28. The minimum Gasteiger partial charge on any atom is -0.493 e. The average molecular weight is 334 g/mol. The molecule has 1 atom stereocenters. The van der Waals surface area contributed by atoms with Gasteiger partial charge < -0.3 is 14.8 Å². The summed E-state index contributed by atoms with van der Waals surface area (Å²) in [5.41, 5.74) is 1.46. The van der Waals surface area contributed by atoms with Crippen molar-refractivity contribution < 1.29 is 14.3 Å². The number of hydrogen-bond donors (Lipinski definition) is 1. The number of methoxy groups -OCH3 is 1. The SMILES string of the molecule is CCOc1ccc(C(=O)N[C@H](C)c2cccc(Cl)c2)cc1OC. The van der Waals surface area contributed by atoms with Crippen molar-refractivity contribution in [1.82, 2.24) is 5.32 Å². The van der Waals surface area contributed by atoms with Gasteiger partial charge in [0.05, 0.1) is 19.8 Å². The standard InChI is InChI=1S/C18H20ClNO3/c1-4-23-16-9-8-14(11-17(16)22-3)18(21)20-12(2)13-6-5-7-15(19)10-13/h5-12H,4H2,1-3H3,(H,20,21)/t12-/m1/s1. The van der Waals surface area contributed by atoms with Crippen LogP contribution in [0.4, 0.5) is 0 Å². The summed E-state index contributed by atoms with van der Waals surface area (Å²) in [6, 6.07) is 12.4. The fourth-order valence-electron chi connectivity index (χ4n) is 2.22. The first-order valence-electron chi connectivity index (χ1n) is 7.42. The summed E-state index contributed by atoms with van der Waals surface area (Å²) in [5.74, 6) is 0.975. The first kappa shape index (κ1) is 17.2. The van der Waals surface area contributed by atoms with Gasteiger partial charge in [-0.25, -0.2) is 0 Å². The van der Waals surface area contributed by atoms with Crippen molar-refractivity contribution in [2.45, 2.75) is 19.9 Å². The molecular weight excluding hydrogens is 314 g/mol. The largest absolute Gasteiger partial charge is 0.493 e. The maximum atomic E-state index is 12.4. The van der Waals surface area contributed by atoms with Crippen LogP contribution in [-0.4, -0.2) is 19.6 Å². The van der Waals surface area contributed by atoms with Crippen molar-refractivity contribution in [3.05, 3.63) is 58.6 Å². The topological polar surface area (TPSA) is 47.6 Å². The lowest BCUT2D eigenvalue weighted by molar-refractivity contribution is 0.0939. The minimum atomic E-state index is -0.182. The van der Waals surface area contributed by atoms with E-state index in [4.69, 9.17) is 21.1 Å². The van der Waals surface area contributed by atoms with E-state index in [-0.39, 0.29) is 11.9 Å². The van der Waals surface area contributed by atoms with Gasteiger partial charge in [0.2, 0.25) is 0 Å². The fourth-order valence-corrected chi connectivity index (χ4v) is 2.42. The molecule has 4 nitrogen and oxygen atoms in total. The van der Waals surface area contributed by atoms with Gasteiger partial charge in [-0.2, -0.15) is 0 Å². The summed E-state index contributed by atoms with van der Waals surface area (Å²) in [6.45, 7) is 4.34. The van der Waals surface area contributed by atoms with Gasteiger partial charge in [0.25, 0.3) is 5.91 Å². The molecule has 0 fully saturated rings. The Balaban J connectivity index is 2.14. The molecule has 23 heavy (non-hydrogen) atoms. The zero-order valence-electron chi connectivity index (χ0n) is 13.4. The third kappa shape index (κ3) is 4.39.